The normalized spacial score (nSPS) is 19.1. The molecule has 3 N–H and O–H groups in total. The van der Waals surface area contributed by atoms with Crippen molar-refractivity contribution in [2.24, 2.45) is 5.84 Å². The van der Waals surface area contributed by atoms with Gasteiger partial charge < -0.3 is 0 Å². The van der Waals surface area contributed by atoms with Crippen LogP contribution in [0.4, 0.5) is 0 Å². The molecular weight excluding hydrogens is 264 g/mol. The average molecular weight is 286 g/mol. The minimum absolute atomic E-state index is 0.142. The quantitative estimate of drug-likeness (QED) is 0.656. The van der Waals surface area contributed by atoms with Gasteiger partial charge in [-0.1, -0.05) is 43.2 Å². The Balaban J connectivity index is 2.05. The Morgan fingerprint density at radius 2 is 1.90 bits per heavy atom. The molecule has 1 aliphatic carbocycles. The van der Waals surface area contributed by atoms with Crippen LogP contribution in [0.2, 0.25) is 0 Å². The van der Waals surface area contributed by atoms with Crippen molar-refractivity contribution in [2.45, 2.75) is 44.1 Å². The SMILES string of the molecule is Cc1cc(C(NN)C2(c3ccccc3)CCCC2)cs1. The zero-order chi connectivity index (χ0) is 14.0. The number of rotatable bonds is 4. The number of hydrogen-bond acceptors (Lipinski definition) is 3. The monoisotopic (exact) mass is 286 g/mol. The Bertz CT molecular complexity index is 555. The van der Waals surface area contributed by atoms with Gasteiger partial charge in [-0.25, -0.2) is 0 Å². The van der Waals surface area contributed by atoms with E-state index in [0.29, 0.717) is 0 Å². The van der Waals surface area contributed by atoms with Crippen LogP contribution in [-0.2, 0) is 5.41 Å². The molecule has 1 heterocycles. The smallest absolute Gasteiger partial charge is 0.0564 e. The summed E-state index contributed by atoms with van der Waals surface area (Å²) in [5.41, 5.74) is 6.02. The largest absolute Gasteiger partial charge is 0.271 e. The molecule has 1 aliphatic rings. The topological polar surface area (TPSA) is 38.0 Å². The first kappa shape index (κ1) is 13.8. The molecule has 0 bridgehead atoms. The molecule has 20 heavy (non-hydrogen) atoms. The zero-order valence-electron chi connectivity index (χ0n) is 11.9. The van der Waals surface area contributed by atoms with Crippen LogP contribution in [0, 0.1) is 6.92 Å². The summed E-state index contributed by atoms with van der Waals surface area (Å²) in [6.07, 6.45) is 4.99. The molecule has 0 saturated heterocycles. The van der Waals surface area contributed by atoms with Gasteiger partial charge in [-0.3, -0.25) is 11.3 Å². The highest BCUT2D eigenvalue weighted by Crippen LogP contribution is 2.49. The maximum atomic E-state index is 5.97. The highest BCUT2D eigenvalue weighted by molar-refractivity contribution is 7.10. The summed E-state index contributed by atoms with van der Waals surface area (Å²) in [4.78, 5) is 1.35. The Labute approximate surface area is 125 Å². The summed E-state index contributed by atoms with van der Waals surface area (Å²) < 4.78 is 0. The summed E-state index contributed by atoms with van der Waals surface area (Å²) in [5, 5.41) is 2.25. The van der Waals surface area contributed by atoms with E-state index in [1.807, 2.05) is 0 Å². The van der Waals surface area contributed by atoms with Crippen molar-refractivity contribution in [2.75, 3.05) is 0 Å². The molecule has 0 amide bonds. The van der Waals surface area contributed by atoms with E-state index in [1.165, 1.54) is 41.7 Å². The minimum atomic E-state index is 0.142. The number of nitrogens with one attached hydrogen (secondary N) is 1. The van der Waals surface area contributed by atoms with E-state index in [9.17, 15) is 0 Å². The lowest BCUT2D eigenvalue weighted by molar-refractivity contribution is 0.304. The van der Waals surface area contributed by atoms with Crippen LogP contribution in [0.5, 0.6) is 0 Å². The number of nitrogens with two attached hydrogens (primary N) is 1. The first-order valence-electron chi connectivity index (χ1n) is 7.33. The Kier molecular flexibility index (Phi) is 3.92. The Morgan fingerprint density at radius 1 is 1.20 bits per heavy atom. The van der Waals surface area contributed by atoms with Gasteiger partial charge in [0.25, 0.3) is 0 Å². The van der Waals surface area contributed by atoms with Gasteiger partial charge >= 0.3 is 0 Å². The molecule has 1 fully saturated rings. The maximum absolute atomic E-state index is 5.97. The van der Waals surface area contributed by atoms with Crippen molar-refractivity contribution in [3.05, 3.63) is 57.8 Å². The van der Waals surface area contributed by atoms with Gasteiger partial charge in [-0.05, 0) is 42.3 Å². The van der Waals surface area contributed by atoms with Crippen molar-refractivity contribution in [3.63, 3.8) is 0 Å². The lowest BCUT2D eigenvalue weighted by Crippen LogP contribution is -2.43. The van der Waals surface area contributed by atoms with Crippen LogP contribution >= 0.6 is 11.3 Å². The number of aryl methyl sites for hydroxylation is 1. The third kappa shape index (κ3) is 2.30. The van der Waals surface area contributed by atoms with Crippen molar-refractivity contribution >= 4 is 11.3 Å². The van der Waals surface area contributed by atoms with Crippen molar-refractivity contribution in [3.8, 4) is 0 Å². The Morgan fingerprint density at radius 3 is 2.45 bits per heavy atom. The molecule has 1 atom stereocenters. The van der Waals surface area contributed by atoms with Crippen LogP contribution < -0.4 is 11.3 Å². The second-order valence-corrected chi connectivity index (χ2v) is 6.93. The summed E-state index contributed by atoms with van der Waals surface area (Å²) in [6.45, 7) is 2.16. The van der Waals surface area contributed by atoms with Crippen LogP contribution in [0.15, 0.2) is 41.8 Å². The van der Waals surface area contributed by atoms with Crippen molar-refractivity contribution in [1.29, 1.82) is 0 Å². The van der Waals surface area contributed by atoms with E-state index in [-0.39, 0.29) is 11.5 Å². The van der Waals surface area contributed by atoms with Crippen LogP contribution in [0.25, 0.3) is 0 Å². The van der Waals surface area contributed by atoms with E-state index >= 15 is 0 Å². The van der Waals surface area contributed by atoms with E-state index in [2.05, 4.69) is 54.1 Å². The van der Waals surface area contributed by atoms with Crippen LogP contribution in [0.1, 0.15) is 47.7 Å². The number of hydrazine groups is 1. The average Bonchev–Trinajstić information content (AvgIpc) is 3.12. The fourth-order valence-corrected chi connectivity index (χ4v) is 4.44. The van der Waals surface area contributed by atoms with E-state index in [4.69, 9.17) is 5.84 Å². The second kappa shape index (κ2) is 5.68. The van der Waals surface area contributed by atoms with Crippen molar-refractivity contribution in [1.82, 2.24) is 5.43 Å². The zero-order valence-corrected chi connectivity index (χ0v) is 12.7. The van der Waals surface area contributed by atoms with Gasteiger partial charge in [-0.15, -0.1) is 11.3 Å². The molecule has 1 unspecified atom stereocenters. The van der Waals surface area contributed by atoms with Gasteiger partial charge in [0.2, 0.25) is 0 Å². The first-order valence-corrected chi connectivity index (χ1v) is 8.21. The molecule has 0 spiro atoms. The molecule has 2 aromatic rings. The third-order valence-electron chi connectivity index (χ3n) is 4.65. The summed E-state index contributed by atoms with van der Waals surface area (Å²) in [7, 11) is 0. The van der Waals surface area contributed by atoms with Gasteiger partial charge in [0.15, 0.2) is 0 Å². The highest BCUT2D eigenvalue weighted by atomic mass is 32.1. The van der Waals surface area contributed by atoms with Gasteiger partial charge in [-0.2, -0.15) is 0 Å². The molecule has 1 saturated carbocycles. The molecule has 3 rings (SSSR count). The maximum Gasteiger partial charge on any atom is 0.0564 e. The predicted octanol–water partition coefficient (Wildman–Crippen LogP) is 4.07. The minimum Gasteiger partial charge on any atom is -0.271 e. The van der Waals surface area contributed by atoms with Crippen LogP contribution in [-0.4, -0.2) is 0 Å². The fraction of sp³-hybridized carbons (Fsp3) is 0.412. The first-order chi connectivity index (χ1) is 9.76. The number of thiophene rings is 1. The molecule has 1 aromatic carbocycles. The summed E-state index contributed by atoms with van der Waals surface area (Å²) >= 11 is 1.81. The molecule has 0 radical (unpaired) electrons. The van der Waals surface area contributed by atoms with Gasteiger partial charge in [0, 0.05) is 10.3 Å². The molecular formula is C17H22N2S. The third-order valence-corrected chi connectivity index (χ3v) is 5.53. The highest BCUT2D eigenvalue weighted by Gasteiger charge is 2.43. The predicted molar refractivity (Wildman–Crippen MR) is 85.7 cm³/mol. The van der Waals surface area contributed by atoms with Crippen molar-refractivity contribution < 1.29 is 0 Å². The van der Waals surface area contributed by atoms with Crippen LogP contribution in [0.3, 0.4) is 0 Å². The fourth-order valence-electron chi connectivity index (χ4n) is 3.71. The molecule has 1 aromatic heterocycles. The van der Waals surface area contributed by atoms with E-state index in [1.54, 1.807) is 11.3 Å². The summed E-state index contributed by atoms with van der Waals surface area (Å²) in [5.74, 6) is 5.97. The second-order valence-electron chi connectivity index (χ2n) is 5.82. The van der Waals surface area contributed by atoms with Gasteiger partial charge in [0.1, 0.15) is 0 Å². The standard InChI is InChI=1S/C17H22N2S/c1-13-11-14(12-20-13)16(19-18)17(9-5-6-10-17)15-7-3-2-4-8-15/h2-4,7-8,11-12,16,19H,5-6,9-10,18H2,1H3. The number of hydrogen-bond donors (Lipinski definition) is 2. The van der Waals surface area contributed by atoms with Gasteiger partial charge in [0.05, 0.1) is 6.04 Å². The molecule has 3 heteroatoms. The lowest BCUT2D eigenvalue weighted by atomic mass is 9.71. The summed E-state index contributed by atoms with van der Waals surface area (Å²) in [6, 6.07) is 13.4. The molecule has 106 valence electrons. The molecule has 0 aliphatic heterocycles. The Hall–Kier alpha value is -1.16. The van der Waals surface area contributed by atoms with E-state index in [0.717, 1.165) is 0 Å². The number of benzene rings is 1. The molecule has 2 nitrogen and oxygen atoms in total. The lowest BCUT2D eigenvalue weighted by Gasteiger charge is -2.37. The van der Waals surface area contributed by atoms with E-state index < -0.39 is 0 Å².